The molecule has 128 valence electrons. The molecule has 1 aromatic carbocycles. The van der Waals surface area contributed by atoms with Gasteiger partial charge in [-0.05, 0) is 37.1 Å². The number of hydrogen-bond donors (Lipinski definition) is 3. The number of nitrogens with two attached hydrogens (primary N) is 1. The summed E-state index contributed by atoms with van der Waals surface area (Å²) < 4.78 is 6.44. The van der Waals surface area contributed by atoms with Crippen molar-refractivity contribution in [2.75, 3.05) is 18.4 Å². The van der Waals surface area contributed by atoms with Gasteiger partial charge in [-0.25, -0.2) is 0 Å². The van der Waals surface area contributed by atoms with Crippen molar-refractivity contribution in [2.24, 2.45) is 5.73 Å². The first kappa shape index (κ1) is 19.9. The predicted molar refractivity (Wildman–Crippen MR) is 94.6 cm³/mol. The summed E-state index contributed by atoms with van der Waals surface area (Å²) >= 11 is 3.33. The first-order valence-corrected chi connectivity index (χ1v) is 8.06. The third kappa shape index (κ3) is 6.47. The molecule has 23 heavy (non-hydrogen) atoms. The Balaban J connectivity index is 0.00000264. The van der Waals surface area contributed by atoms with Gasteiger partial charge >= 0.3 is 0 Å². The van der Waals surface area contributed by atoms with Crippen LogP contribution in [0.5, 0.6) is 0 Å². The molecule has 1 fully saturated rings. The largest absolute Gasteiger partial charge is 0.364 e. The molecule has 0 spiro atoms. The number of carbonyl (C=O) groups is 2. The molecule has 2 amide bonds. The van der Waals surface area contributed by atoms with Gasteiger partial charge in [0.05, 0.1) is 6.10 Å². The number of amides is 2. The van der Waals surface area contributed by atoms with Crippen LogP contribution in [-0.4, -0.2) is 37.1 Å². The van der Waals surface area contributed by atoms with Crippen LogP contribution >= 0.6 is 28.3 Å². The van der Waals surface area contributed by atoms with Crippen LogP contribution in [0, 0.1) is 0 Å². The Labute approximate surface area is 150 Å². The van der Waals surface area contributed by atoms with Gasteiger partial charge in [0.25, 0.3) is 0 Å². The van der Waals surface area contributed by atoms with Gasteiger partial charge in [0, 0.05) is 29.7 Å². The van der Waals surface area contributed by atoms with Crippen molar-refractivity contribution in [2.45, 2.75) is 31.5 Å². The number of benzene rings is 1. The Morgan fingerprint density at radius 3 is 2.57 bits per heavy atom. The number of rotatable bonds is 6. The molecule has 1 aliphatic rings. The summed E-state index contributed by atoms with van der Waals surface area (Å²) in [6, 6.07) is 7.31. The minimum absolute atomic E-state index is 0. The second-order valence-electron chi connectivity index (χ2n) is 5.16. The maximum Gasteiger partial charge on any atom is 0.249 e. The molecular formula is C15H21BrClN3O3. The van der Waals surface area contributed by atoms with Crippen molar-refractivity contribution >= 4 is 45.8 Å². The topological polar surface area (TPSA) is 93.5 Å². The number of halogens is 2. The zero-order valence-electron chi connectivity index (χ0n) is 12.6. The third-order valence-electron chi connectivity index (χ3n) is 3.44. The summed E-state index contributed by atoms with van der Waals surface area (Å²) in [7, 11) is 0. The van der Waals surface area contributed by atoms with Gasteiger partial charge in [-0.15, -0.1) is 12.4 Å². The molecule has 1 saturated heterocycles. The fraction of sp³-hybridized carbons (Fsp3) is 0.467. The molecule has 0 radical (unpaired) electrons. The Morgan fingerprint density at radius 2 is 1.96 bits per heavy atom. The van der Waals surface area contributed by atoms with E-state index >= 15 is 0 Å². The van der Waals surface area contributed by atoms with Crippen LogP contribution in [-0.2, 0) is 14.3 Å². The molecule has 1 aromatic rings. The van der Waals surface area contributed by atoms with E-state index < -0.39 is 6.10 Å². The molecule has 2 atom stereocenters. The van der Waals surface area contributed by atoms with Crippen LogP contribution in [0.4, 0.5) is 5.69 Å². The highest BCUT2D eigenvalue weighted by Gasteiger charge is 2.29. The summed E-state index contributed by atoms with van der Waals surface area (Å²) in [4.78, 5) is 23.6. The molecule has 1 aliphatic heterocycles. The highest BCUT2D eigenvalue weighted by molar-refractivity contribution is 9.10. The third-order valence-corrected chi connectivity index (χ3v) is 3.97. The van der Waals surface area contributed by atoms with E-state index in [0.717, 1.165) is 16.6 Å². The van der Waals surface area contributed by atoms with Gasteiger partial charge in [0.15, 0.2) is 0 Å². The minimum Gasteiger partial charge on any atom is -0.364 e. The lowest BCUT2D eigenvalue weighted by Gasteiger charge is -2.12. The van der Waals surface area contributed by atoms with E-state index in [2.05, 4.69) is 26.6 Å². The molecule has 2 rings (SSSR count). The zero-order chi connectivity index (χ0) is 15.9. The molecule has 0 bridgehead atoms. The summed E-state index contributed by atoms with van der Waals surface area (Å²) in [5, 5.41) is 5.49. The van der Waals surface area contributed by atoms with Gasteiger partial charge < -0.3 is 21.1 Å². The van der Waals surface area contributed by atoms with E-state index in [-0.39, 0.29) is 43.3 Å². The van der Waals surface area contributed by atoms with Gasteiger partial charge in [-0.2, -0.15) is 0 Å². The Kier molecular flexibility index (Phi) is 8.54. The van der Waals surface area contributed by atoms with Crippen LogP contribution in [0.1, 0.15) is 19.3 Å². The van der Waals surface area contributed by atoms with Gasteiger partial charge in [0.2, 0.25) is 11.8 Å². The molecule has 4 N–H and O–H groups in total. The van der Waals surface area contributed by atoms with Crippen molar-refractivity contribution in [3.05, 3.63) is 28.7 Å². The van der Waals surface area contributed by atoms with Crippen LogP contribution in [0.2, 0.25) is 0 Å². The highest BCUT2D eigenvalue weighted by Crippen LogP contribution is 2.18. The maximum atomic E-state index is 11.9. The van der Waals surface area contributed by atoms with Crippen molar-refractivity contribution in [1.82, 2.24) is 5.32 Å². The zero-order valence-corrected chi connectivity index (χ0v) is 15.0. The van der Waals surface area contributed by atoms with Crippen molar-refractivity contribution in [3.8, 4) is 0 Å². The van der Waals surface area contributed by atoms with E-state index in [1.165, 1.54) is 0 Å². The molecule has 0 saturated carbocycles. The predicted octanol–water partition coefficient (Wildman–Crippen LogP) is 1.82. The van der Waals surface area contributed by atoms with Crippen LogP contribution in [0.25, 0.3) is 0 Å². The second-order valence-corrected chi connectivity index (χ2v) is 6.07. The molecular weight excluding hydrogens is 386 g/mol. The summed E-state index contributed by atoms with van der Waals surface area (Å²) in [5.74, 6) is -0.317. The summed E-state index contributed by atoms with van der Waals surface area (Å²) in [6.45, 7) is 0.716. The summed E-state index contributed by atoms with van der Waals surface area (Å²) in [6.07, 6.45) is 1.23. The molecule has 0 unspecified atom stereocenters. The Bertz CT molecular complexity index is 527. The standard InChI is InChI=1S/C15H20BrN3O3.ClH/c16-10-1-3-11(4-2-10)19-14(20)7-8-18-15(21)13-6-5-12(9-17)22-13;/h1-4,12-13H,5-9,17H2,(H,18,21)(H,19,20);1H/t12-,13+;/m1./s1. The lowest BCUT2D eigenvalue weighted by atomic mass is 10.2. The van der Waals surface area contributed by atoms with E-state index in [1.807, 2.05) is 12.1 Å². The Morgan fingerprint density at radius 1 is 1.26 bits per heavy atom. The normalized spacial score (nSPS) is 19.7. The van der Waals surface area contributed by atoms with Crippen molar-refractivity contribution in [1.29, 1.82) is 0 Å². The van der Waals surface area contributed by atoms with Crippen LogP contribution in [0.3, 0.4) is 0 Å². The van der Waals surface area contributed by atoms with Crippen LogP contribution in [0.15, 0.2) is 28.7 Å². The van der Waals surface area contributed by atoms with Crippen molar-refractivity contribution in [3.63, 3.8) is 0 Å². The minimum atomic E-state index is -0.442. The second kappa shape index (κ2) is 9.87. The van der Waals surface area contributed by atoms with Gasteiger partial charge in [0.1, 0.15) is 6.10 Å². The SMILES string of the molecule is Cl.NC[C@H]1CC[C@@H](C(=O)NCCC(=O)Nc2ccc(Br)cc2)O1. The van der Waals surface area contributed by atoms with E-state index in [1.54, 1.807) is 12.1 Å². The number of hydrogen-bond acceptors (Lipinski definition) is 4. The summed E-state index contributed by atoms with van der Waals surface area (Å²) in [5.41, 5.74) is 6.23. The van der Waals surface area contributed by atoms with E-state index in [9.17, 15) is 9.59 Å². The molecule has 0 aliphatic carbocycles. The van der Waals surface area contributed by atoms with Gasteiger partial charge in [-0.1, -0.05) is 15.9 Å². The first-order valence-electron chi connectivity index (χ1n) is 7.27. The molecule has 1 heterocycles. The monoisotopic (exact) mass is 405 g/mol. The average Bonchev–Trinajstić information content (AvgIpc) is 2.98. The quantitative estimate of drug-likeness (QED) is 0.672. The lowest BCUT2D eigenvalue weighted by molar-refractivity contribution is -0.131. The Hall–Kier alpha value is -1.15. The van der Waals surface area contributed by atoms with Gasteiger partial charge in [-0.3, -0.25) is 9.59 Å². The highest BCUT2D eigenvalue weighted by atomic mass is 79.9. The number of ether oxygens (including phenoxy) is 1. The number of anilines is 1. The van der Waals surface area contributed by atoms with Crippen molar-refractivity contribution < 1.29 is 14.3 Å². The lowest BCUT2D eigenvalue weighted by Crippen LogP contribution is -2.37. The maximum absolute atomic E-state index is 11.9. The van der Waals surface area contributed by atoms with Crippen LogP contribution < -0.4 is 16.4 Å². The fourth-order valence-corrected chi connectivity index (χ4v) is 2.51. The number of carbonyl (C=O) groups excluding carboxylic acids is 2. The van der Waals surface area contributed by atoms with E-state index in [4.69, 9.17) is 10.5 Å². The molecule has 8 heteroatoms. The average molecular weight is 407 g/mol. The smallest absolute Gasteiger partial charge is 0.249 e. The molecule has 6 nitrogen and oxygen atoms in total. The first-order chi connectivity index (χ1) is 10.6. The molecule has 0 aromatic heterocycles. The van der Waals surface area contributed by atoms with E-state index in [0.29, 0.717) is 13.0 Å². The number of nitrogens with one attached hydrogen (secondary N) is 2. The fourth-order valence-electron chi connectivity index (χ4n) is 2.24.